The maximum atomic E-state index is 15.2. The molecule has 0 aliphatic rings. The average Bonchev–Trinajstić information content (AvgIpc) is 3.30. The zero-order valence-corrected chi connectivity index (χ0v) is 17.6. The van der Waals surface area contributed by atoms with Crippen LogP contribution in [0.25, 0.3) is 50.0 Å². The average molecular weight is 425 g/mol. The molecule has 0 unspecified atom stereocenters. The second-order valence-corrected chi connectivity index (χ2v) is 8.04. The van der Waals surface area contributed by atoms with E-state index < -0.39 is 5.82 Å². The van der Waals surface area contributed by atoms with E-state index in [0.29, 0.717) is 21.9 Å². The molecule has 0 saturated carbocycles. The highest BCUT2D eigenvalue weighted by molar-refractivity contribution is 6.10. The quantitative estimate of drug-likeness (QED) is 0.286. The van der Waals surface area contributed by atoms with Gasteiger partial charge in [0, 0.05) is 11.5 Å². The van der Waals surface area contributed by atoms with Gasteiger partial charge in [-0.15, -0.1) is 0 Å². The van der Waals surface area contributed by atoms with Crippen molar-refractivity contribution in [2.24, 2.45) is 7.05 Å². The molecule has 2 aromatic heterocycles. The summed E-state index contributed by atoms with van der Waals surface area (Å²) in [4.78, 5) is 0. The van der Waals surface area contributed by atoms with Crippen molar-refractivity contribution in [3.8, 4) is 17.1 Å². The number of para-hydroxylation sites is 3. The first-order chi connectivity index (χ1) is 15.5. The summed E-state index contributed by atoms with van der Waals surface area (Å²) in [6.45, 7) is 1.87. The van der Waals surface area contributed by atoms with Crippen LogP contribution in [0.1, 0.15) is 5.56 Å². The van der Waals surface area contributed by atoms with Crippen molar-refractivity contribution in [2.75, 3.05) is 0 Å². The Bertz CT molecular complexity index is 1660. The van der Waals surface area contributed by atoms with E-state index in [0.717, 1.165) is 33.7 Å². The van der Waals surface area contributed by atoms with Crippen molar-refractivity contribution in [3.05, 3.63) is 96.1 Å². The highest BCUT2D eigenvalue weighted by Gasteiger charge is 2.31. The minimum Gasteiger partial charge on any atom is -0.455 e. The van der Waals surface area contributed by atoms with Crippen molar-refractivity contribution < 1.29 is 17.8 Å². The Kier molecular flexibility index (Phi) is 3.96. The summed E-state index contributed by atoms with van der Waals surface area (Å²) in [5, 5.41) is 0.927. The summed E-state index contributed by atoms with van der Waals surface area (Å²) >= 11 is 0. The van der Waals surface area contributed by atoms with E-state index in [9.17, 15) is 4.39 Å². The lowest BCUT2D eigenvalue weighted by atomic mass is 10.0. The lowest BCUT2D eigenvalue weighted by Gasteiger charge is -2.08. The fourth-order valence-electron chi connectivity index (χ4n) is 4.71. The second-order valence-electron chi connectivity index (χ2n) is 8.04. The number of rotatable bonds is 2. The molecule has 0 bridgehead atoms. The van der Waals surface area contributed by atoms with E-state index in [2.05, 4.69) is 21.3 Å². The highest BCUT2D eigenvalue weighted by atomic mass is 19.1. The molecular formula is C27H19F2N2O+. The molecule has 0 amide bonds. The first-order valence-electron chi connectivity index (χ1n) is 10.4. The van der Waals surface area contributed by atoms with Crippen molar-refractivity contribution in [3.63, 3.8) is 0 Å². The summed E-state index contributed by atoms with van der Waals surface area (Å²) in [5.41, 5.74) is 5.30. The van der Waals surface area contributed by atoms with Crippen molar-refractivity contribution in [1.82, 2.24) is 4.57 Å². The van der Waals surface area contributed by atoms with Crippen LogP contribution in [-0.2, 0) is 7.05 Å². The van der Waals surface area contributed by atoms with E-state index in [1.54, 1.807) is 6.07 Å². The second kappa shape index (κ2) is 6.76. The number of halogens is 2. The fraction of sp³-hybridized carbons (Fsp3) is 0.0741. The van der Waals surface area contributed by atoms with Gasteiger partial charge in [0.1, 0.15) is 28.5 Å². The molecule has 6 rings (SSSR count). The van der Waals surface area contributed by atoms with Crippen LogP contribution in [-0.4, -0.2) is 4.57 Å². The van der Waals surface area contributed by atoms with Crippen LogP contribution in [0.15, 0.2) is 83.3 Å². The van der Waals surface area contributed by atoms with Crippen LogP contribution >= 0.6 is 0 Å². The third-order valence-electron chi connectivity index (χ3n) is 6.11. The van der Waals surface area contributed by atoms with Gasteiger partial charge < -0.3 is 4.42 Å². The van der Waals surface area contributed by atoms with E-state index in [4.69, 9.17) is 4.42 Å². The van der Waals surface area contributed by atoms with Gasteiger partial charge in [0.25, 0.3) is 5.82 Å². The van der Waals surface area contributed by atoms with Gasteiger partial charge in [0.05, 0.1) is 12.4 Å². The fourth-order valence-corrected chi connectivity index (χ4v) is 4.71. The smallest absolute Gasteiger partial charge is 0.298 e. The minimum atomic E-state index is -0.417. The summed E-state index contributed by atoms with van der Waals surface area (Å²) < 4.78 is 39.4. The summed E-state index contributed by atoms with van der Waals surface area (Å²) in [7, 11) is 1.99. The first kappa shape index (κ1) is 18.8. The van der Waals surface area contributed by atoms with Gasteiger partial charge in [-0.1, -0.05) is 30.3 Å². The van der Waals surface area contributed by atoms with Crippen molar-refractivity contribution in [2.45, 2.75) is 6.92 Å². The lowest BCUT2D eigenvalue weighted by Crippen LogP contribution is -2.30. The molecule has 4 aromatic carbocycles. The largest absolute Gasteiger partial charge is 0.455 e. The summed E-state index contributed by atoms with van der Waals surface area (Å²) in [5.74, 6) is 0.0650. The predicted molar refractivity (Wildman–Crippen MR) is 122 cm³/mol. The van der Waals surface area contributed by atoms with Crippen LogP contribution in [0.4, 0.5) is 8.78 Å². The summed E-state index contributed by atoms with van der Waals surface area (Å²) in [6.07, 6.45) is 0. The third-order valence-corrected chi connectivity index (χ3v) is 6.11. The van der Waals surface area contributed by atoms with E-state index in [1.807, 2.05) is 56.4 Å². The van der Waals surface area contributed by atoms with Crippen LogP contribution < -0.4 is 4.57 Å². The Labute approximate surface area is 182 Å². The predicted octanol–water partition coefficient (Wildman–Crippen LogP) is 6.61. The maximum absolute atomic E-state index is 15.2. The number of fused-ring (bicyclic) bond motifs is 4. The number of nitrogens with zero attached hydrogens (tertiary/aromatic N) is 2. The molecule has 156 valence electrons. The molecule has 0 saturated heterocycles. The Morgan fingerprint density at radius 1 is 0.875 bits per heavy atom. The van der Waals surface area contributed by atoms with Crippen LogP contribution in [0.3, 0.4) is 0 Å². The normalized spacial score (nSPS) is 11.8. The van der Waals surface area contributed by atoms with Gasteiger partial charge in [0.2, 0.25) is 0 Å². The van der Waals surface area contributed by atoms with Gasteiger partial charge in [-0.25, -0.2) is 13.3 Å². The molecule has 5 heteroatoms. The lowest BCUT2D eigenvalue weighted by molar-refractivity contribution is -0.633. The van der Waals surface area contributed by atoms with E-state index >= 15 is 4.39 Å². The Morgan fingerprint density at radius 3 is 2.44 bits per heavy atom. The maximum Gasteiger partial charge on any atom is 0.298 e. The molecule has 0 spiro atoms. The zero-order valence-electron chi connectivity index (χ0n) is 17.6. The number of imidazole rings is 1. The van der Waals surface area contributed by atoms with E-state index in [1.165, 1.54) is 18.2 Å². The molecule has 0 atom stereocenters. The van der Waals surface area contributed by atoms with Crippen LogP contribution in [0.2, 0.25) is 0 Å². The van der Waals surface area contributed by atoms with Gasteiger partial charge in [-0.05, 0) is 55.0 Å². The Balaban J connectivity index is 1.83. The number of hydrogen-bond acceptors (Lipinski definition) is 1. The first-order valence-corrected chi connectivity index (χ1v) is 10.4. The van der Waals surface area contributed by atoms with Crippen molar-refractivity contribution >= 4 is 33.0 Å². The number of aryl methyl sites for hydroxylation is 2. The minimum absolute atomic E-state index is 0.329. The Hall–Kier alpha value is -3.99. The molecule has 0 aliphatic carbocycles. The third kappa shape index (κ3) is 2.54. The molecule has 3 nitrogen and oxygen atoms in total. The van der Waals surface area contributed by atoms with Crippen LogP contribution in [0, 0.1) is 18.6 Å². The van der Waals surface area contributed by atoms with Gasteiger partial charge in [-0.2, -0.15) is 4.57 Å². The monoisotopic (exact) mass is 425 g/mol. The molecular weight excluding hydrogens is 406 g/mol. The van der Waals surface area contributed by atoms with Gasteiger partial charge in [-0.3, -0.25) is 0 Å². The SMILES string of the molecule is Cc1cc(F)c2c(oc3cc(F)ccc32)c1-c1n(-c2ccccc2)c2ccccc2[n+]1C. The highest BCUT2D eigenvalue weighted by Crippen LogP contribution is 2.40. The summed E-state index contributed by atoms with van der Waals surface area (Å²) in [6, 6.07) is 23.9. The standard InChI is InChI=1S/C27H19F2N2O/c1-16-14-20(29)25-19-13-12-17(28)15-23(19)32-26(25)24(16)27-30(2)21-10-6-7-11-22(21)31(27)18-8-4-3-5-9-18/h3-15H,1-2H3/q+1. The van der Waals surface area contributed by atoms with Gasteiger partial charge >= 0.3 is 0 Å². The molecule has 32 heavy (non-hydrogen) atoms. The van der Waals surface area contributed by atoms with E-state index in [-0.39, 0.29) is 5.82 Å². The molecule has 0 N–H and O–H groups in total. The molecule has 6 aromatic rings. The molecule has 0 fully saturated rings. The molecule has 0 radical (unpaired) electrons. The number of furan rings is 1. The van der Waals surface area contributed by atoms with Gasteiger partial charge in [0.15, 0.2) is 16.6 Å². The Morgan fingerprint density at radius 2 is 1.62 bits per heavy atom. The molecule has 0 aliphatic heterocycles. The molecule has 2 heterocycles. The topological polar surface area (TPSA) is 21.9 Å². The zero-order chi connectivity index (χ0) is 22.0. The number of benzene rings is 4. The number of hydrogen-bond donors (Lipinski definition) is 0. The van der Waals surface area contributed by atoms with Crippen molar-refractivity contribution in [1.29, 1.82) is 0 Å². The number of aromatic nitrogens is 2. The van der Waals surface area contributed by atoms with Crippen LogP contribution in [0.5, 0.6) is 0 Å².